The second kappa shape index (κ2) is 4.49. The van der Waals surface area contributed by atoms with Crippen LogP contribution >= 0.6 is 11.6 Å². The minimum Gasteiger partial charge on any atom is -0.344 e. The minimum absolute atomic E-state index is 0.0899. The van der Waals surface area contributed by atoms with Gasteiger partial charge in [-0.25, -0.2) is 4.98 Å². The normalized spacial score (nSPS) is 19.3. The van der Waals surface area contributed by atoms with E-state index < -0.39 is 6.04 Å². The summed E-state index contributed by atoms with van der Waals surface area (Å²) in [6.45, 7) is 0. The highest BCUT2D eigenvalue weighted by molar-refractivity contribution is 6.29. The van der Waals surface area contributed by atoms with E-state index in [2.05, 4.69) is 15.6 Å². The number of aromatic nitrogens is 1. The van der Waals surface area contributed by atoms with Crippen LogP contribution in [0.4, 0.5) is 5.69 Å². The number of carbonyl (C=O) groups is 2. The number of nitrogens with zero attached hydrogens (tertiary/aromatic N) is 1. The molecule has 2 rings (SSSR count). The molecule has 5 nitrogen and oxygen atoms in total. The molecule has 1 aliphatic heterocycles. The minimum atomic E-state index is -0.445. The maximum Gasteiger partial charge on any atom is 0.246 e. The van der Waals surface area contributed by atoms with Crippen molar-refractivity contribution < 1.29 is 9.59 Å². The van der Waals surface area contributed by atoms with E-state index in [1.54, 1.807) is 12.1 Å². The van der Waals surface area contributed by atoms with Gasteiger partial charge < -0.3 is 10.6 Å². The van der Waals surface area contributed by atoms with Crippen molar-refractivity contribution in [1.82, 2.24) is 10.3 Å². The Balaban J connectivity index is 1.99. The van der Waals surface area contributed by atoms with Crippen molar-refractivity contribution in [1.29, 1.82) is 0 Å². The standard InChI is InChI=1S/C10H10ClN3O2/c11-8-5-6(3-4-12-8)13-10(16)7-1-2-9(15)14-7/h3-5,7H,1-2H2,(H,14,15)(H,12,13,16). The Kier molecular flexibility index (Phi) is 3.05. The second-order valence-corrected chi connectivity index (χ2v) is 3.90. The molecule has 1 aromatic heterocycles. The molecule has 1 fully saturated rings. The topological polar surface area (TPSA) is 71.1 Å². The zero-order valence-electron chi connectivity index (χ0n) is 8.37. The molecule has 0 aromatic carbocycles. The van der Waals surface area contributed by atoms with Crippen molar-refractivity contribution >= 4 is 29.1 Å². The number of carbonyl (C=O) groups excluding carboxylic acids is 2. The van der Waals surface area contributed by atoms with Crippen LogP contribution in [-0.4, -0.2) is 22.8 Å². The summed E-state index contributed by atoms with van der Waals surface area (Å²) in [6, 6.07) is 2.75. The average molecular weight is 240 g/mol. The van der Waals surface area contributed by atoms with Crippen LogP contribution in [0.1, 0.15) is 12.8 Å². The Morgan fingerprint density at radius 3 is 3.06 bits per heavy atom. The molecule has 84 valence electrons. The fraction of sp³-hybridized carbons (Fsp3) is 0.300. The second-order valence-electron chi connectivity index (χ2n) is 3.52. The average Bonchev–Trinajstić information content (AvgIpc) is 2.65. The summed E-state index contributed by atoms with van der Waals surface area (Å²) in [5.41, 5.74) is 0.575. The van der Waals surface area contributed by atoms with Crippen molar-refractivity contribution in [3.8, 4) is 0 Å². The van der Waals surface area contributed by atoms with Crippen LogP contribution in [0.3, 0.4) is 0 Å². The van der Waals surface area contributed by atoms with Gasteiger partial charge in [-0.2, -0.15) is 0 Å². The third-order valence-electron chi connectivity index (χ3n) is 2.31. The molecule has 1 unspecified atom stereocenters. The van der Waals surface area contributed by atoms with Crippen LogP contribution in [-0.2, 0) is 9.59 Å². The predicted octanol–water partition coefficient (Wildman–Crippen LogP) is 0.952. The summed E-state index contributed by atoms with van der Waals surface area (Å²) in [6.07, 6.45) is 2.43. The summed E-state index contributed by atoms with van der Waals surface area (Å²) >= 11 is 5.68. The van der Waals surface area contributed by atoms with Gasteiger partial charge in [0.15, 0.2) is 0 Å². The zero-order chi connectivity index (χ0) is 11.5. The largest absolute Gasteiger partial charge is 0.344 e. The van der Waals surface area contributed by atoms with Crippen LogP contribution in [0.25, 0.3) is 0 Å². The van der Waals surface area contributed by atoms with E-state index in [9.17, 15) is 9.59 Å². The third kappa shape index (κ3) is 2.49. The SMILES string of the molecule is O=C1CCC(C(=O)Nc2ccnc(Cl)c2)N1. The summed E-state index contributed by atoms with van der Waals surface area (Å²) < 4.78 is 0. The van der Waals surface area contributed by atoms with Gasteiger partial charge >= 0.3 is 0 Å². The Morgan fingerprint density at radius 1 is 1.62 bits per heavy atom. The molecule has 2 amide bonds. The molecular weight excluding hydrogens is 230 g/mol. The van der Waals surface area contributed by atoms with Crippen LogP contribution < -0.4 is 10.6 Å². The van der Waals surface area contributed by atoms with Gasteiger partial charge in [-0.05, 0) is 18.6 Å². The lowest BCUT2D eigenvalue weighted by atomic mass is 10.2. The van der Waals surface area contributed by atoms with Gasteiger partial charge in [0.2, 0.25) is 11.8 Å². The Hall–Kier alpha value is -1.62. The van der Waals surface area contributed by atoms with Gasteiger partial charge in [-0.1, -0.05) is 11.6 Å². The van der Waals surface area contributed by atoms with E-state index in [0.29, 0.717) is 23.7 Å². The summed E-state index contributed by atoms with van der Waals surface area (Å²) in [4.78, 5) is 26.4. The molecule has 6 heteroatoms. The molecule has 2 N–H and O–H groups in total. The van der Waals surface area contributed by atoms with E-state index >= 15 is 0 Å². The van der Waals surface area contributed by atoms with Gasteiger partial charge in [0, 0.05) is 18.3 Å². The van der Waals surface area contributed by atoms with Crippen molar-refractivity contribution in [3.05, 3.63) is 23.5 Å². The van der Waals surface area contributed by atoms with Crippen molar-refractivity contribution in [3.63, 3.8) is 0 Å². The fourth-order valence-corrected chi connectivity index (χ4v) is 1.69. The van der Waals surface area contributed by atoms with Crippen LogP contribution in [0.5, 0.6) is 0 Å². The molecule has 2 heterocycles. The lowest BCUT2D eigenvalue weighted by Crippen LogP contribution is -2.37. The highest BCUT2D eigenvalue weighted by atomic mass is 35.5. The van der Waals surface area contributed by atoms with Crippen LogP contribution in [0, 0.1) is 0 Å². The molecule has 1 aliphatic rings. The van der Waals surface area contributed by atoms with Crippen molar-refractivity contribution in [2.75, 3.05) is 5.32 Å². The molecule has 0 saturated carbocycles. The number of nitrogens with one attached hydrogen (secondary N) is 2. The smallest absolute Gasteiger partial charge is 0.246 e. The number of amides is 2. The predicted molar refractivity (Wildman–Crippen MR) is 59.0 cm³/mol. The van der Waals surface area contributed by atoms with E-state index in [1.165, 1.54) is 6.20 Å². The molecular formula is C10H10ClN3O2. The molecule has 0 radical (unpaired) electrons. The first kappa shape index (κ1) is 10.9. The number of rotatable bonds is 2. The Labute approximate surface area is 97.2 Å². The first-order valence-electron chi connectivity index (χ1n) is 4.87. The van der Waals surface area contributed by atoms with Gasteiger partial charge in [0.25, 0.3) is 0 Å². The molecule has 0 bridgehead atoms. The van der Waals surface area contributed by atoms with Gasteiger partial charge in [0.1, 0.15) is 11.2 Å². The van der Waals surface area contributed by atoms with Gasteiger partial charge in [0.05, 0.1) is 0 Å². The van der Waals surface area contributed by atoms with E-state index in [0.717, 1.165) is 0 Å². The maximum atomic E-state index is 11.7. The first-order chi connectivity index (χ1) is 7.65. The molecule has 0 aliphatic carbocycles. The maximum absolute atomic E-state index is 11.7. The van der Waals surface area contributed by atoms with E-state index in [4.69, 9.17) is 11.6 Å². The number of hydrogen-bond acceptors (Lipinski definition) is 3. The fourth-order valence-electron chi connectivity index (χ4n) is 1.52. The summed E-state index contributed by atoms with van der Waals surface area (Å²) in [5, 5.41) is 5.57. The molecule has 1 saturated heterocycles. The quantitative estimate of drug-likeness (QED) is 0.755. The monoisotopic (exact) mass is 239 g/mol. The number of hydrogen-bond donors (Lipinski definition) is 2. The first-order valence-corrected chi connectivity index (χ1v) is 5.25. The summed E-state index contributed by atoms with van der Waals surface area (Å²) in [7, 11) is 0. The number of pyridine rings is 1. The molecule has 1 atom stereocenters. The Bertz CT molecular complexity index is 436. The van der Waals surface area contributed by atoms with Gasteiger partial charge in [-0.3, -0.25) is 9.59 Å². The molecule has 0 spiro atoms. The zero-order valence-corrected chi connectivity index (χ0v) is 9.12. The number of anilines is 1. The van der Waals surface area contributed by atoms with Crippen molar-refractivity contribution in [2.24, 2.45) is 0 Å². The highest BCUT2D eigenvalue weighted by Crippen LogP contribution is 2.14. The Morgan fingerprint density at radius 2 is 2.44 bits per heavy atom. The highest BCUT2D eigenvalue weighted by Gasteiger charge is 2.27. The molecule has 1 aromatic rings. The van der Waals surface area contributed by atoms with E-state index in [-0.39, 0.29) is 11.8 Å². The van der Waals surface area contributed by atoms with Crippen molar-refractivity contribution in [2.45, 2.75) is 18.9 Å². The summed E-state index contributed by atoms with van der Waals surface area (Å²) in [5.74, 6) is -0.318. The van der Waals surface area contributed by atoms with Gasteiger partial charge in [-0.15, -0.1) is 0 Å². The molecule has 16 heavy (non-hydrogen) atoms. The number of halogens is 1. The van der Waals surface area contributed by atoms with Crippen LogP contribution in [0.2, 0.25) is 5.15 Å². The lowest BCUT2D eigenvalue weighted by Gasteiger charge is -2.10. The third-order valence-corrected chi connectivity index (χ3v) is 2.51. The van der Waals surface area contributed by atoms with E-state index in [1.807, 2.05) is 0 Å². The lowest BCUT2D eigenvalue weighted by molar-refractivity contribution is -0.122. The van der Waals surface area contributed by atoms with Crippen LogP contribution in [0.15, 0.2) is 18.3 Å².